The van der Waals surface area contributed by atoms with Crippen molar-refractivity contribution in [3.8, 4) is 17.2 Å². The van der Waals surface area contributed by atoms with Gasteiger partial charge in [0.25, 0.3) is 5.91 Å². The Balaban J connectivity index is 0.00000512. The van der Waals surface area contributed by atoms with Crippen molar-refractivity contribution in [3.05, 3.63) is 35.3 Å². The number of aromatic nitrogens is 2. The van der Waals surface area contributed by atoms with Gasteiger partial charge in [-0.2, -0.15) is 0 Å². The van der Waals surface area contributed by atoms with Crippen molar-refractivity contribution >= 4 is 42.1 Å². The van der Waals surface area contributed by atoms with Crippen molar-refractivity contribution in [3.63, 3.8) is 0 Å². The number of ether oxygens (including phenoxy) is 4. The normalized spacial score (nSPS) is 10.4. The van der Waals surface area contributed by atoms with Gasteiger partial charge in [-0.1, -0.05) is 0 Å². The van der Waals surface area contributed by atoms with Gasteiger partial charge in [0, 0.05) is 6.08 Å². The van der Waals surface area contributed by atoms with E-state index in [1.807, 2.05) is 0 Å². The third-order valence-corrected chi connectivity index (χ3v) is 3.84. The zero-order chi connectivity index (χ0) is 23.1. The Kier molecular flexibility index (Phi) is 9.54. The van der Waals surface area contributed by atoms with E-state index in [9.17, 15) is 14.4 Å². The molecule has 11 nitrogen and oxygen atoms in total. The molecule has 2 amide bonds. The third-order valence-electron chi connectivity index (χ3n) is 3.84. The molecule has 0 aliphatic heterocycles. The van der Waals surface area contributed by atoms with Crippen LogP contribution in [-0.2, 0) is 9.53 Å². The molecule has 0 radical (unpaired) electrons. The van der Waals surface area contributed by atoms with E-state index in [1.165, 1.54) is 33.5 Å². The number of amides is 2. The summed E-state index contributed by atoms with van der Waals surface area (Å²) in [7, 11) is 4.43. The van der Waals surface area contributed by atoms with Crippen LogP contribution in [-0.4, -0.2) is 55.2 Å². The third kappa shape index (κ3) is 6.38. The zero-order valence-electron chi connectivity index (χ0n) is 18.2. The highest BCUT2D eigenvalue weighted by molar-refractivity contribution is 6.06. The first-order valence-corrected chi connectivity index (χ1v) is 9.10. The molecule has 0 saturated carbocycles. The van der Waals surface area contributed by atoms with E-state index in [2.05, 4.69) is 15.3 Å². The van der Waals surface area contributed by atoms with Gasteiger partial charge in [-0.15, -0.1) is 12.4 Å². The minimum absolute atomic E-state index is 0. The molecule has 0 aliphatic carbocycles. The fourth-order valence-corrected chi connectivity index (χ4v) is 2.54. The molecule has 1 aromatic heterocycles. The number of carbonyl (C=O) groups is 3. The van der Waals surface area contributed by atoms with Gasteiger partial charge in [0.05, 0.1) is 27.4 Å². The molecular weight excluding hydrogens is 444 g/mol. The molecule has 12 heteroatoms. The lowest BCUT2D eigenvalue weighted by molar-refractivity contribution is -0.111. The zero-order valence-corrected chi connectivity index (χ0v) is 19.0. The summed E-state index contributed by atoms with van der Waals surface area (Å²) in [6, 6.07) is 3.29. The number of halogens is 1. The van der Waals surface area contributed by atoms with Crippen LogP contribution >= 0.6 is 12.4 Å². The molecule has 0 spiro atoms. The number of hydrogen-bond acceptors (Lipinski definition) is 8. The fourth-order valence-electron chi connectivity index (χ4n) is 2.54. The molecule has 1 aromatic carbocycles. The van der Waals surface area contributed by atoms with E-state index in [4.69, 9.17) is 24.7 Å². The van der Waals surface area contributed by atoms with E-state index in [0.717, 1.165) is 0 Å². The fraction of sp³-hybridized carbons (Fsp3) is 0.300. The number of hydrogen-bond donors (Lipinski definition) is 3. The number of aromatic amines is 1. The van der Waals surface area contributed by atoms with Crippen molar-refractivity contribution in [2.75, 3.05) is 26.6 Å². The van der Waals surface area contributed by atoms with Gasteiger partial charge in [0.15, 0.2) is 17.3 Å². The molecule has 0 bridgehead atoms. The quantitative estimate of drug-likeness (QED) is 0.373. The van der Waals surface area contributed by atoms with Crippen LogP contribution in [0.25, 0.3) is 6.08 Å². The summed E-state index contributed by atoms with van der Waals surface area (Å²) in [5.74, 6) is -1.52. The van der Waals surface area contributed by atoms with Gasteiger partial charge in [0.2, 0.25) is 17.5 Å². The molecule has 2 aromatic rings. The smallest absolute Gasteiger partial charge is 0.374 e. The summed E-state index contributed by atoms with van der Waals surface area (Å²) in [5, 5.41) is 2.41. The van der Waals surface area contributed by atoms with Crippen molar-refractivity contribution in [2.45, 2.75) is 20.0 Å². The lowest BCUT2D eigenvalue weighted by Gasteiger charge is -2.12. The van der Waals surface area contributed by atoms with E-state index >= 15 is 0 Å². The van der Waals surface area contributed by atoms with E-state index in [0.29, 0.717) is 22.8 Å². The molecule has 1 heterocycles. The Labute approximate surface area is 190 Å². The summed E-state index contributed by atoms with van der Waals surface area (Å²) in [6.45, 7) is 3.32. The monoisotopic (exact) mass is 468 g/mol. The standard InChI is InChI=1S/C20H24N4O7.ClH/c1-10(2)31-20(27)19-23-15(17(21)26)18(24-19)22-14(25)7-6-11-8-12(28-3)16(30-5)13(9-11)29-4;/h6-10H,1-5H3,(H2,21,26)(H,22,25)(H,23,24);1H/b7-6+;. The van der Waals surface area contributed by atoms with Gasteiger partial charge in [-0.25, -0.2) is 9.78 Å². The number of methoxy groups -OCH3 is 3. The molecule has 0 atom stereocenters. The van der Waals surface area contributed by atoms with Crippen LogP contribution in [0.3, 0.4) is 0 Å². The predicted molar refractivity (Wildman–Crippen MR) is 119 cm³/mol. The lowest BCUT2D eigenvalue weighted by atomic mass is 10.1. The Morgan fingerprint density at radius 1 is 1.09 bits per heavy atom. The average molecular weight is 469 g/mol. The molecule has 32 heavy (non-hydrogen) atoms. The largest absolute Gasteiger partial charge is 0.493 e. The summed E-state index contributed by atoms with van der Waals surface area (Å²) in [6.07, 6.45) is 2.30. The topological polar surface area (TPSA) is 155 Å². The predicted octanol–water partition coefficient (Wildman–Crippen LogP) is 2.17. The lowest BCUT2D eigenvalue weighted by Crippen LogP contribution is -2.17. The molecule has 0 aliphatic rings. The van der Waals surface area contributed by atoms with Gasteiger partial charge in [-0.3, -0.25) is 9.59 Å². The minimum Gasteiger partial charge on any atom is -0.493 e. The summed E-state index contributed by atoms with van der Waals surface area (Å²) >= 11 is 0. The van der Waals surface area contributed by atoms with Crippen LogP contribution in [0.2, 0.25) is 0 Å². The number of nitrogens with zero attached hydrogens (tertiary/aromatic N) is 1. The number of benzene rings is 1. The summed E-state index contributed by atoms with van der Waals surface area (Å²) < 4.78 is 20.8. The number of primary amides is 1. The van der Waals surface area contributed by atoms with Crippen LogP contribution in [0, 0.1) is 0 Å². The second-order valence-electron chi connectivity index (χ2n) is 6.41. The Morgan fingerprint density at radius 3 is 2.16 bits per heavy atom. The summed E-state index contributed by atoms with van der Waals surface area (Å²) in [4.78, 5) is 42.3. The summed E-state index contributed by atoms with van der Waals surface area (Å²) in [5.41, 5.74) is 5.64. The molecule has 0 unspecified atom stereocenters. The van der Waals surface area contributed by atoms with Gasteiger partial charge in [-0.05, 0) is 37.6 Å². The molecule has 0 fully saturated rings. The number of imidazole rings is 1. The van der Waals surface area contributed by atoms with E-state index < -0.39 is 23.9 Å². The highest BCUT2D eigenvalue weighted by Crippen LogP contribution is 2.38. The second-order valence-corrected chi connectivity index (χ2v) is 6.41. The minimum atomic E-state index is -0.903. The number of anilines is 1. The second kappa shape index (κ2) is 11.6. The Hall–Kier alpha value is -3.73. The van der Waals surface area contributed by atoms with Crippen LogP contribution in [0.1, 0.15) is 40.5 Å². The van der Waals surface area contributed by atoms with Crippen molar-refractivity contribution in [1.82, 2.24) is 9.97 Å². The van der Waals surface area contributed by atoms with Crippen LogP contribution in [0.5, 0.6) is 17.2 Å². The SMILES string of the molecule is COc1cc(/C=C/C(=O)Nc2nc(C(=O)OC(C)C)[nH]c2C(N)=O)cc(OC)c1OC.Cl. The van der Waals surface area contributed by atoms with Crippen LogP contribution < -0.4 is 25.3 Å². The van der Waals surface area contributed by atoms with Crippen molar-refractivity contribution in [2.24, 2.45) is 5.73 Å². The molecule has 174 valence electrons. The molecule has 4 N–H and O–H groups in total. The first kappa shape index (κ1) is 26.3. The first-order chi connectivity index (χ1) is 14.7. The maximum atomic E-state index is 12.3. The maximum Gasteiger partial charge on any atom is 0.374 e. The van der Waals surface area contributed by atoms with Crippen molar-refractivity contribution in [1.29, 1.82) is 0 Å². The molecule has 0 saturated heterocycles. The Morgan fingerprint density at radius 2 is 1.69 bits per heavy atom. The van der Waals surface area contributed by atoms with Crippen molar-refractivity contribution < 1.29 is 33.3 Å². The van der Waals surface area contributed by atoms with Crippen LogP contribution in [0.15, 0.2) is 18.2 Å². The number of nitrogens with two attached hydrogens (primary N) is 1. The van der Waals surface area contributed by atoms with E-state index in [1.54, 1.807) is 26.0 Å². The van der Waals surface area contributed by atoms with Gasteiger partial charge >= 0.3 is 5.97 Å². The number of rotatable bonds is 9. The van der Waals surface area contributed by atoms with Gasteiger partial charge < -0.3 is 35.0 Å². The number of esters is 1. The van der Waals surface area contributed by atoms with E-state index in [-0.39, 0.29) is 29.7 Å². The van der Waals surface area contributed by atoms with Crippen LogP contribution in [0.4, 0.5) is 5.82 Å². The van der Waals surface area contributed by atoms with Gasteiger partial charge in [0.1, 0.15) is 5.69 Å². The maximum absolute atomic E-state index is 12.3. The average Bonchev–Trinajstić information content (AvgIpc) is 3.15. The molecule has 2 rings (SSSR count). The number of nitrogens with one attached hydrogen (secondary N) is 2. The highest BCUT2D eigenvalue weighted by Gasteiger charge is 2.22. The number of carbonyl (C=O) groups excluding carboxylic acids is 3. The highest BCUT2D eigenvalue weighted by atomic mass is 35.5. The Bertz CT molecular complexity index is 992. The molecular formula is C20H25ClN4O7. The number of H-pyrrole nitrogens is 1. The first-order valence-electron chi connectivity index (χ1n) is 9.10.